The van der Waals surface area contributed by atoms with Gasteiger partial charge >= 0.3 is 12.0 Å². The number of carboxylic acids is 1. The van der Waals surface area contributed by atoms with Gasteiger partial charge in [-0.3, -0.25) is 14.5 Å². The average molecular weight is 347 g/mol. The molecule has 0 aromatic heterocycles. The highest BCUT2D eigenvalue weighted by atomic mass is 16.5. The van der Waals surface area contributed by atoms with Gasteiger partial charge < -0.3 is 20.1 Å². The lowest BCUT2D eigenvalue weighted by Crippen LogP contribution is -2.38. The van der Waals surface area contributed by atoms with Crippen molar-refractivity contribution in [3.05, 3.63) is 29.3 Å². The topological polar surface area (TPSA) is 99.2 Å². The van der Waals surface area contributed by atoms with E-state index in [9.17, 15) is 19.5 Å². The molecular formula is C17H21N3O5. The molecule has 1 unspecified atom stereocenters. The van der Waals surface area contributed by atoms with Crippen molar-refractivity contribution in [2.24, 2.45) is 5.92 Å². The van der Waals surface area contributed by atoms with Crippen LogP contribution in [0.15, 0.2) is 18.2 Å². The van der Waals surface area contributed by atoms with Crippen LogP contribution in [0.3, 0.4) is 0 Å². The normalized spacial score (nSPS) is 21.0. The molecule has 2 heterocycles. The van der Waals surface area contributed by atoms with Crippen molar-refractivity contribution in [1.29, 1.82) is 0 Å². The lowest BCUT2D eigenvalue weighted by atomic mass is 10.1. The smallest absolute Gasteiger partial charge is 0.322 e. The number of aryl methyl sites for hydroxylation is 1. The third-order valence-corrected chi connectivity index (χ3v) is 4.51. The fraction of sp³-hybridized carbons (Fsp3) is 0.471. The number of urea groups is 1. The van der Waals surface area contributed by atoms with E-state index in [1.807, 2.05) is 6.92 Å². The van der Waals surface area contributed by atoms with Crippen LogP contribution in [0, 0.1) is 12.8 Å². The van der Waals surface area contributed by atoms with E-state index in [1.165, 1.54) is 4.90 Å². The van der Waals surface area contributed by atoms with Crippen LogP contribution in [0.4, 0.5) is 10.5 Å². The Labute approximate surface area is 145 Å². The Bertz CT molecular complexity index is 706. The number of aliphatic carboxylic acids is 1. The zero-order valence-corrected chi connectivity index (χ0v) is 14.0. The minimum atomic E-state index is -0.974. The molecule has 2 saturated heterocycles. The first kappa shape index (κ1) is 17.2. The van der Waals surface area contributed by atoms with E-state index in [0.717, 1.165) is 5.56 Å². The predicted molar refractivity (Wildman–Crippen MR) is 89.8 cm³/mol. The average Bonchev–Trinajstić information content (AvgIpc) is 2.86. The molecular weight excluding hydrogens is 326 g/mol. The van der Waals surface area contributed by atoms with Crippen molar-refractivity contribution in [1.82, 2.24) is 10.2 Å². The van der Waals surface area contributed by atoms with Gasteiger partial charge in [0, 0.05) is 37.4 Å². The first-order valence-electron chi connectivity index (χ1n) is 8.23. The molecule has 1 atom stereocenters. The molecule has 2 N–H and O–H groups in total. The molecule has 2 fully saturated rings. The summed E-state index contributed by atoms with van der Waals surface area (Å²) in [7, 11) is 0. The number of carboxylic acid groups (broad SMARTS) is 1. The highest BCUT2D eigenvalue weighted by Gasteiger charge is 2.29. The highest BCUT2D eigenvalue weighted by Crippen LogP contribution is 2.24. The number of ether oxygens (including phenoxy) is 1. The Balaban J connectivity index is 1.84. The molecule has 8 nitrogen and oxygen atoms in total. The summed E-state index contributed by atoms with van der Waals surface area (Å²) in [6, 6.07) is 5.03. The van der Waals surface area contributed by atoms with Crippen LogP contribution in [0.2, 0.25) is 0 Å². The molecule has 0 radical (unpaired) electrons. The summed E-state index contributed by atoms with van der Waals surface area (Å²) in [5.74, 6) is -1.96. The fourth-order valence-electron chi connectivity index (χ4n) is 3.06. The Morgan fingerprint density at radius 2 is 2.12 bits per heavy atom. The van der Waals surface area contributed by atoms with Gasteiger partial charge in [-0.2, -0.15) is 0 Å². The molecule has 1 aromatic rings. The summed E-state index contributed by atoms with van der Waals surface area (Å²) in [4.78, 5) is 39.1. The number of nitrogens with one attached hydrogen (secondary N) is 1. The lowest BCUT2D eigenvalue weighted by molar-refractivity contribution is -0.143. The predicted octanol–water partition coefficient (Wildman–Crippen LogP) is 0.698. The van der Waals surface area contributed by atoms with Crippen LogP contribution in [0.25, 0.3) is 0 Å². The van der Waals surface area contributed by atoms with Gasteiger partial charge in [-0.15, -0.1) is 0 Å². The van der Waals surface area contributed by atoms with Crippen LogP contribution in [-0.4, -0.2) is 67.3 Å². The summed E-state index contributed by atoms with van der Waals surface area (Å²) in [5, 5.41) is 12.0. The molecule has 3 rings (SSSR count). The van der Waals surface area contributed by atoms with Gasteiger partial charge in [0.05, 0.1) is 19.1 Å². The van der Waals surface area contributed by atoms with Crippen molar-refractivity contribution in [3.63, 3.8) is 0 Å². The number of carbonyl (C=O) groups is 3. The molecule has 0 bridgehead atoms. The van der Waals surface area contributed by atoms with Crippen molar-refractivity contribution in [2.45, 2.75) is 6.92 Å². The standard InChI is InChI=1S/C17H21N3O5/c1-11-2-3-12(8-14(11)20-5-4-18-17(20)24)15(21)19-6-7-25-10-13(9-19)16(22)23/h2-3,8,13H,4-7,9-10H2,1H3,(H,18,24)(H,22,23). The molecule has 1 aromatic carbocycles. The summed E-state index contributed by atoms with van der Waals surface area (Å²) in [5.41, 5.74) is 2.03. The first-order chi connectivity index (χ1) is 12.0. The van der Waals surface area contributed by atoms with E-state index < -0.39 is 11.9 Å². The van der Waals surface area contributed by atoms with Crippen LogP contribution in [0.1, 0.15) is 15.9 Å². The number of hydrogen-bond donors (Lipinski definition) is 2. The Morgan fingerprint density at radius 3 is 2.80 bits per heavy atom. The van der Waals surface area contributed by atoms with E-state index in [0.29, 0.717) is 37.5 Å². The maximum atomic E-state index is 12.8. The first-order valence-corrected chi connectivity index (χ1v) is 8.23. The van der Waals surface area contributed by atoms with Crippen LogP contribution < -0.4 is 10.2 Å². The summed E-state index contributed by atoms with van der Waals surface area (Å²) < 4.78 is 5.29. The molecule has 0 aliphatic carbocycles. The second-order valence-corrected chi connectivity index (χ2v) is 6.25. The maximum absolute atomic E-state index is 12.8. The number of anilines is 1. The third kappa shape index (κ3) is 3.58. The second kappa shape index (κ2) is 7.10. The molecule has 2 aliphatic heterocycles. The maximum Gasteiger partial charge on any atom is 0.322 e. The zero-order chi connectivity index (χ0) is 18.0. The SMILES string of the molecule is Cc1ccc(C(=O)N2CCOCC(C(=O)O)C2)cc1N1CCNC1=O. The van der Waals surface area contributed by atoms with E-state index in [-0.39, 0.29) is 25.1 Å². The number of hydrogen-bond acceptors (Lipinski definition) is 4. The zero-order valence-electron chi connectivity index (χ0n) is 14.0. The van der Waals surface area contributed by atoms with Crippen LogP contribution >= 0.6 is 0 Å². The molecule has 3 amide bonds. The lowest BCUT2D eigenvalue weighted by Gasteiger charge is -2.23. The quantitative estimate of drug-likeness (QED) is 0.838. The Kier molecular flexibility index (Phi) is 4.89. The molecule has 0 spiro atoms. The Hall–Kier alpha value is -2.61. The molecule has 25 heavy (non-hydrogen) atoms. The van der Waals surface area contributed by atoms with E-state index in [2.05, 4.69) is 5.32 Å². The van der Waals surface area contributed by atoms with Crippen molar-refractivity contribution in [2.75, 3.05) is 44.3 Å². The summed E-state index contributed by atoms with van der Waals surface area (Å²) in [6.45, 7) is 3.87. The van der Waals surface area contributed by atoms with Gasteiger partial charge in [0.15, 0.2) is 0 Å². The van der Waals surface area contributed by atoms with Gasteiger partial charge in [0.2, 0.25) is 0 Å². The van der Waals surface area contributed by atoms with Crippen molar-refractivity contribution < 1.29 is 24.2 Å². The number of rotatable bonds is 3. The van der Waals surface area contributed by atoms with Crippen LogP contribution in [-0.2, 0) is 9.53 Å². The number of carbonyl (C=O) groups excluding carboxylic acids is 2. The molecule has 8 heteroatoms. The van der Waals surface area contributed by atoms with Gasteiger partial charge in [-0.05, 0) is 24.6 Å². The molecule has 2 aliphatic rings. The van der Waals surface area contributed by atoms with E-state index in [4.69, 9.17) is 4.74 Å². The van der Waals surface area contributed by atoms with Gasteiger partial charge in [-0.25, -0.2) is 4.79 Å². The number of nitrogens with zero attached hydrogens (tertiary/aromatic N) is 2. The molecule has 134 valence electrons. The highest BCUT2D eigenvalue weighted by molar-refractivity contribution is 5.99. The Morgan fingerprint density at radius 1 is 1.32 bits per heavy atom. The number of benzene rings is 1. The minimum absolute atomic E-state index is 0.103. The summed E-state index contributed by atoms with van der Waals surface area (Å²) in [6.07, 6.45) is 0. The van der Waals surface area contributed by atoms with Gasteiger partial charge in [0.1, 0.15) is 0 Å². The van der Waals surface area contributed by atoms with Gasteiger partial charge in [-0.1, -0.05) is 6.07 Å². The van der Waals surface area contributed by atoms with Crippen molar-refractivity contribution >= 4 is 23.6 Å². The van der Waals surface area contributed by atoms with Gasteiger partial charge in [0.25, 0.3) is 5.91 Å². The fourth-order valence-corrected chi connectivity index (χ4v) is 3.06. The second-order valence-electron chi connectivity index (χ2n) is 6.25. The van der Waals surface area contributed by atoms with Crippen LogP contribution in [0.5, 0.6) is 0 Å². The summed E-state index contributed by atoms with van der Waals surface area (Å²) >= 11 is 0. The van der Waals surface area contributed by atoms with E-state index >= 15 is 0 Å². The monoisotopic (exact) mass is 347 g/mol. The number of amides is 3. The van der Waals surface area contributed by atoms with Crippen molar-refractivity contribution in [3.8, 4) is 0 Å². The van der Waals surface area contributed by atoms with E-state index in [1.54, 1.807) is 23.1 Å². The molecule has 0 saturated carbocycles. The third-order valence-electron chi connectivity index (χ3n) is 4.51. The largest absolute Gasteiger partial charge is 0.481 e. The minimum Gasteiger partial charge on any atom is -0.481 e.